The minimum Gasteiger partial charge on any atom is -0.454 e. The largest absolute Gasteiger partial charge is 0.454 e. The first-order valence-electron chi connectivity index (χ1n) is 8.51. The number of aromatic nitrogens is 2. The van der Waals surface area contributed by atoms with Gasteiger partial charge in [0.2, 0.25) is 6.79 Å². The summed E-state index contributed by atoms with van der Waals surface area (Å²) < 4.78 is 12.3. The second kappa shape index (κ2) is 6.77. The highest BCUT2D eigenvalue weighted by molar-refractivity contribution is 6.06. The van der Waals surface area contributed by atoms with Crippen LogP contribution in [0.4, 0.5) is 5.69 Å². The van der Waals surface area contributed by atoms with Gasteiger partial charge in [-0.1, -0.05) is 6.07 Å². The monoisotopic (exact) mass is 365 g/mol. The van der Waals surface area contributed by atoms with E-state index in [1.54, 1.807) is 47.0 Å². The van der Waals surface area contributed by atoms with Gasteiger partial charge in [0.05, 0.1) is 23.7 Å². The minimum atomic E-state index is -0.162. The zero-order valence-electron chi connectivity index (χ0n) is 15.0. The van der Waals surface area contributed by atoms with Crippen molar-refractivity contribution in [1.82, 2.24) is 9.78 Å². The summed E-state index contributed by atoms with van der Waals surface area (Å²) >= 11 is 0. The van der Waals surface area contributed by atoms with Gasteiger partial charge in [-0.25, -0.2) is 4.68 Å². The van der Waals surface area contributed by atoms with Gasteiger partial charge in [0.25, 0.3) is 5.91 Å². The molecule has 0 bridgehead atoms. The Morgan fingerprint density at radius 3 is 2.81 bits per heavy atom. The van der Waals surface area contributed by atoms with Crippen LogP contribution in [0.25, 0.3) is 5.69 Å². The molecule has 1 N–H and O–H groups in total. The van der Waals surface area contributed by atoms with E-state index in [0.717, 1.165) is 11.4 Å². The minimum absolute atomic E-state index is 0.129. The lowest BCUT2D eigenvalue weighted by atomic mass is 10.1. The molecule has 2 aromatic carbocycles. The summed E-state index contributed by atoms with van der Waals surface area (Å²) in [6, 6.07) is 14.4. The molecule has 27 heavy (non-hydrogen) atoms. The number of aliphatic hydroxyl groups excluding tert-OH is 1. The van der Waals surface area contributed by atoms with Gasteiger partial charge in [0, 0.05) is 24.4 Å². The van der Waals surface area contributed by atoms with Crippen molar-refractivity contribution in [2.75, 3.05) is 18.7 Å². The van der Waals surface area contributed by atoms with E-state index in [0.29, 0.717) is 28.4 Å². The van der Waals surface area contributed by atoms with Crippen molar-refractivity contribution >= 4 is 11.6 Å². The van der Waals surface area contributed by atoms with Crippen molar-refractivity contribution in [3.8, 4) is 17.2 Å². The predicted molar refractivity (Wildman–Crippen MR) is 99.5 cm³/mol. The quantitative estimate of drug-likeness (QED) is 0.769. The SMILES string of the molecule is Cc1cc(CO)n(-c2cccc(C(=O)N(C)c3ccc4c(c3)OCO4)c2)n1. The maximum atomic E-state index is 13.0. The summed E-state index contributed by atoms with van der Waals surface area (Å²) in [5.74, 6) is 1.14. The third-order valence-corrected chi connectivity index (χ3v) is 4.45. The fourth-order valence-corrected chi connectivity index (χ4v) is 3.06. The Morgan fingerprint density at radius 2 is 2.00 bits per heavy atom. The normalized spacial score (nSPS) is 12.3. The third kappa shape index (κ3) is 3.13. The molecule has 0 fully saturated rings. The number of rotatable bonds is 4. The van der Waals surface area contributed by atoms with E-state index in [4.69, 9.17) is 9.47 Å². The van der Waals surface area contributed by atoms with Crippen LogP contribution in [0.15, 0.2) is 48.5 Å². The van der Waals surface area contributed by atoms with Crippen molar-refractivity contribution in [3.63, 3.8) is 0 Å². The van der Waals surface area contributed by atoms with Crippen LogP contribution < -0.4 is 14.4 Å². The molecular formula is C20H19N3O4. The van der Waals surface area contributed by atoms with E-state index in [-0.39, 0.29) is 19.3 Å². The topological polar surface area (TPSA) is 76.8 Å². The van der Waals surface area contributed by atoms with Crippen LogP contribution in [0.2, 0.25) is 0 Å². The Hall–Kier alpha value is -3.32. The molecule has 0 radical (unpaired) electrons. The molecule has 1 aliphatic heterocycles. The number of anilines is 1. The molecule has 0 atom stereocenters. The number of hydrogen-bond acceptors (Lipinski definition) is 5. The summed E-state index contributed by atoms with van der Waals surface area (Å²) in [6.07, 6.45) is 0. The molecule has 7 nitrogen and oxygen atoms in total. The van der Waals surface area contributed by atoms with Crippen LogP contribution in [-0.2, 0) is 6.61 Å². The van der Waals surface area contributed by atoms with Crippen LogP contribution >= 0.6 is 0 Å². The lowest BCUT2D eigenvalue weighted by Crippen LogP contribution is -2.26. The van der Waals surface area contributed by atoms with E-state index < -0.39 is 0 Å². The van der Waals surface area contributed by atoms with Crippen LogP contribution in [0, 0.1) is 6.92 Å². The highest BCUT2D eigenvalue weighted by atomic mass is 16.7. The molecule has 3 aromatic rings. The lowest BCUT2D eigenvalue weighted by molar-refractivity contribution is 0.0993. The van der Waals surface area contributed by atoms with E-state index in [1.807, 2.05) is 25.1 Å². The summed E-state index contributed by atoms with van der Waals surface area (Å²) in [7, 11) is 1.71. The third-order valence-electron chi connectivity index (χ3n) is 4.45. The van der Waals surface area contributed by atoms with Gasteiger partial charge >= 0.3 is 0 Å². The molecule has 4 rings (SSSR count). The molecule has 1 aromatic heterocycles. The second-order valence-corrected chi connectivity index (χ2v) is 6.30. The molecule has 0 saturated heterocycles. The summed E-state index contributed by atoms with van der Waals surface area (Å²) in [6.45, 7) is 1.92. The van der Waals surface area contributed by atoms with E-state index in [1.165, 1.54) is 0 Å². The van der Waals surface area contributed by atoms with Gasteiger partial charge in [0.1, 0.15) is 0 Å². The van der Waals surface area contributed by atoms with Crippen LogP contribution in [0.1, 0.15) is 21.7 Å². The molecule has 138 valence electrons. The Balaban J connectivity index is 1.64. The Morgan fingerprint density at radius 1 is 1.19 bits per heavy atom. The van der Waals surface area contributed by atoms with Crippen molar-refractivity contribution in [2.45, 2.75) is 13.5 Å². The summed E-state index contributed by atoms with van der Waals surface area (Å²) in [4.78, 5) is 14.5. The van der Waals surface area contributed by atoms with Crippen molar-refractivity contribution in [1.29, 1.82) is 0 Å². The van der Waals surface area contributed by atoms with Crippen LogP contribution in [0.5, 0.6) is 11.5 Å². The van der Waals surface area contributed by atoms with Gasteiger partial charge in [-0.3, -0.25) is 4.79 Å². The van der Waals surface area contributed by atoms with Crippen molar-refractivity contribution in [2.24, 2.45) is 0 Å². The van der Waals surface area contributed by atoms with Gasteiger partial charge in [-0.2, -0.15) is 5.10 Å². The fourth-order valence-electron chi connectivity index (χ4n) is 3.06. The number of carbonyl (C=O) groups is 1. The fraction of sp³-hybridized carbons (Fsp3) is 0.200. The van der Waals surface area contributed by atoms with Crippen molar-refractivity contribution < 1.29 is 19.4 Å². The first kappa shape index (κ1) is 17.1. The molecule has 0 unspecified atom stereocenters. The standard InChI is InChI=1S/C20H19N3O4/c1-13-8-17(11-24)23(21-13)16-5-3-4-14(9-16)20(25)22(2)15-6-7-18-19(10-15)27-12-26-18/h3-10,24H,11-12H2,1-2H3. The number of ether oxygens (including phenoxy) is 2. The molecular weight excluding hydrogens is 346 g/mol. The zero-order valence-corrected chi connectivity index (χ0v) is 15.0. The number of benzene rings is 2. The number of aliphatic hydroxyl groups is 1. The second-order valence-electron chi connectivity index (χ2n) is 6.30. The summed E-state index contributed by atoms with van der Waals surface area (Å²) in [5, 5.41) is 13.9. The first-order valence-corrected chi connectivity index (χ1v) is 8.51. The van der Waals surface area contributed by atoms with Crippen molar-refractivity contribution in [3.05, 3.63) is 65.5 Å². The Labute approximate surface area is 156 Å². The number of carbonyl (C=O) groups excluding carboxylic acids is 1. The molecule has 2 heterocycles. The number of aryl methyl sites for hydroxylation is 1. The number of fused-ring (bicyclic) bond motifs is 1. The Bertz CT molecular complexity index is 1010. The average molecular weight is 365 g/mol. The summed E-state index contributed by atoms with van der Waals surface area (Å²) in [5.41, 5.74) is 3.41. The number of hydrogen-bond donors (Lipinski definition) is 1. The first-order chi connectivity index (χ1) is 13.1. The van der Waals surface area contributed by atoms with E-state index >= 15 is 0 Å². The molecule has 7 heteroatoms. The zero-order chi connectivity index (χ0) is 19.0. The molecule has 0 aliphatic carbocycles. The van der Waals surface area contributed by atoms with Gasteiger partial charge in [0.15, 0.2) is 11.5 Å². The Kier molecular flexibility index (Phi) is 4.29. The number of amides is 1. The van der Waals surface area contributed by atoms with Crippen LogP contribution in [0.3, 0.4) is 0 Å². The van der Waals surface area contributed by atoms with Gasteiger partial charge in [-0.05, 0) is 43.3 Å². The molecule has 0 spiro atoms. The lowest BCUT2D eigenvalue weighted by Gasteiger charge is -2.18. The van der Waals surface area contributed by atoms with E-state index in [9.17, 15) is 9.90 Å². The molecule has 1 aliphatic rings. The van der Waals surface area contributed by atoms with Crippen LogP contribution in [-0.4, -0.2) is 34.6 Å². The average Bonchev–Trinajstić information content (AvgIpc) is 3.32. The smallest absolute Gasteiger partial charge is 0.258 e. The number of nitrogens with zero attached hydrogens (tertiary/aromatic N) is 3. The molecule has 1 amide bonds. The van der Waals surface area contributed by atoms with E-state index in [2.05, 4.69) is 5.10 Å². The maximum Gasteiger partial charge on any atom is 0.258 e. The highest BCUT2D eigenvalue weighted by Crippen LogP contribution is 2.35. The predicted octanol–water partition coefficient (Wildman–Crippen LogP) is 2.68. The maximum absolute atomic E-state index is 13.0. The molecule has 0 saturated carbocycles. The van der Waals surface area contributed by atoms with Gasteiger partial charge < -0.3 is 19.5 Å². The van der Waals surface area contributed by atoms with Gasteiger partial charge in [-0.15, -0.1) is 0 Å². The highest BCUT2D eigenvalue weighted by Gasteiger charge is 2.19.